The van der Waals surface area contributed by atoms with Crippen LogP contribution in [0.5, 0.6) is 0 Å². The van der Waals surface area contributed by atoms with Crippen molar-refractivity contribution in [2.24, 2.45) is 0 Å². The normalized spacial score (nSPS) is 11.4. The number of halogens is 2. The molecule has 4 nitrogen and oxygen atoms in total. The second-order valence-electron chi connectivity index (χ2n) is 5.31. The topological polar surface area (TPSA) is 50.7 Å². The van der Waals surface area contributed by atoms with Crippen LogP contribution in [0.1, 0.15) is 5.56 Å². The maximum Gasteiger partial charge on any atom is 0.277 e. The van der Waals surface area contributed by atoms with Gasteiger partial charge in [-0.05, 0) is 29.8 Å². The second kappa shape index (κ2) is 5.41. The first-order valence-electron chi connectivity index (χ1n) is 7.03. The number of aromatic amines is 1. The van der Waals surface area contributed by atoms with Gasteiger partial charge in [0.05, 0.1) is 12.9 Å². The lowest BCUT2D eigenvalue weighted by molar-refractivity contribution is 0.747. The van der Waals surface area contributed by atoms with E-state index in [1.807, 2.05) is 24.3 Å². The molecule has 0 atom stereocenters. The molecule has 23 heavy (non-hydrogen) atoms. The lowest BCUT2D eigenvalue weighted by Gasteiger charge is -2.06. The van der Waals surface area contributed by atoms with Crippen molar-refractivity contribution in [2.45, 2.75) is 6.54 Å². The van der Waals surface area contributed by atoms with Crippen LogP contribution in [-0.2, 0) is 6.54 Å². The standard InChI is InChI=1S/C17H11Cl2N3O/c18-11-5-6-14-12(7-11)15-16(21-14)17(23)22(9-20-15)8-10-3-1-2-4-13(10)19/h1-7,9,21H,8H2. The highest BCUT2D eigenvalue weighted by Gasteiger charge is 2.12. The minimum atomic E-state index is -0.137. The summed E-state index contributed by atoms with van der Waals surface area (Å²) < 4.78 is 1.54. The molecule has 0 aliphatic carbocycles. The fourth-order valence-corrected chi connectivity index (χ4v) is 3.05. The lowest BCUT2D eigenvalue weighted by atomic mass is 10.2. The van der Waals surface area contributed by atoms with E-state index in [2.05, 4.69) is 9.97 Å². The first kappa shape index (κ1) is 14.3. The smallest absolute Gasteiger partial charge is 0.277 e. The van der Waals surface area contributed by atoms with Crippen LogP contribution in [-0.4, -0.2) is 14.5 Å². The molecule has 4 rings (SSSR count). The Balaban J connectivity index is 1.90. The summed E-state index contributed by atoms with van der Waals surface area (Å²) in [6, 6.07) is 12.9. The Kier molecular flexibility index (Phi) is 3.36. The highest BCUT2D eigenvalue weighted by Crippen LogP contribution is 2.24. The minimum absolute atomic E-state index is 0.137. The van der Waals surface area contributed by atoms with E-state index in [0.29, 0.717) is 27.6 Å². The molecule has 2 heterocycles. The molecule has 114 valence electrons. The van der Waals surface area contributed by atoms with Crippen LogP contribution in [0.3, 0.4) is 0 Å². The summed E-state index contributed by atoms with van der Waals surface area (Å²) >= 11 is 12.2. The van der Waals surface area contributed by atoms with E-state index in [-0.39, 0.29) is 5.56 Å². The van der Waals surface area contributed by atoms with Crippen molar-refractivity contribution in [3.63, 3.8) is 0 Å². The fraction of sp³-hybridized carbons (Fsp3) is 0.0588. The molecule has 0 radical (unpaired) electrons. The van der Waals surface area contributed by atoms with E-state index < -0.39 is 0 Å². The van der Waals surface area contributed by atoms with Crippen LogP contribution < -0.4 is 5.56 Å². The largest absolute Gasteiger partial charge is 0.349 e. The molecule has 1 N–H and O–H groups in total. The number of benzene rings is 2. The van der Waals surface area contributed by atoms with E-state index in [9.17, 15) is 4.79 Å². The van der Waals surface area contributed by atoms with Gasteiger partial charge in [-0.25, -0.2) is 4.98 Å². The number of hydrogen-bond acceptors (Lipinski definition) is 2. The quantitative estimate of drug-likeness (QED) is 0.592. The summed E-state index contributed by atoms with van der Waals surface area (Å²) in [7, 11) is 0. The van der Waals surface area contributed by atoms with E-state index in [0.717, 1.165) is 16.5 Å². The summed E-state index contributed by atoms with van der Waals surface area (Å²) in [6.07, 6.45) is 1.54. The number of nitrogens with one attached hydrogen (secondary N) is 1. The maximum absolute atomic E-state index is 12.7. The highest BCUT2D eigenvalue weighted by atomic mass is 35.5. The number of nitrogens with zero attached hydrogens (tertiary/aromatic N) is 2. The van der Waals surface area contributed by atoms with Crippen molar-refractivity contribution >= 4 is 45.1 Å². The third kappa shape index (κ3) is 2.40. The molecular weight excluding hydrogens is 333 g/mol. The zero-order valence-electron chi connectivity index (χ0n) is 11.9. The van der Waals surface area contributed by atoms with Gasteiger partial charge >= 0.3 is 0 Å². The summed E-state index contributed by atoms with van der Waals surface area (Å²) in [5.74, 6) is 0. The Morgan fingerprint density at radius 1 is 1.13 bits per heavy atom. The van der Waals surface area contributed by atoms with Crippen molar-refractivity contribution in [3.8, 4) is 0 Å². The van der Waals surface area contributed by atoms with Crippen molar-refractivity contribution in [1.29, 1.82) is 0 Å². The predicted octanol–water partition coefficient (Wildman–Crippen LogP) is 4.23. The molecule has 6 heteroatoms. The fourth-order valence-electron chi connectivity index (χ4n) is 2.69. The number of hydrogen-bond donors (Lipinski definition) is 1. The Morgan fingerprint density at radius 3 is 2.78 bits per heavy atom. The number of aromatic nitrogens is 3. The summed E-state index contributed by atoms with van der Waals surface area (Å²) in [6.45, 7) is 0.373. The first-order valence-corrected chi connectivity index (χ1v) is 7.79. The van der Waals surface area contributed by atoms with Gasteiger partial charge in [0, 0.05) is 20.9 Å². The summed E-state index contributed by atoms with van der Waals surface area (Å²) in [5, 5.41) is 2.08. The molecule has 0 saturated heterocycles. The third-order valence-corrected chi connectivity index (χ3v) is 4.44. The van der Waals surface area contributed by atoms with Crippen LogP contribution in [0.15, 0.2) is 53.6 Å². The Hall–Kier alpha value is -2.30. The molecule has 0 spiro atoms. The van der Waals surface area contributed by atoms with E-state index >= 15 is 0 Å². The van der Waals surface area contributed by atoms with E-state index in [1.54, 1.807) is 29.1 Å². The van der Waals surface area contributed by atoms with Gasteiger partial charge in [-0.2, -0.15) is 0 Å². The second-order valence-corrected chi connectivity index (χ2v) is 6.15. The zero-order chi connectivity index (χ0) is 16.0. The van der Waals surface area contributed by atoms with E-state index in [1.165, 1.54) is 0 Å². The van der Waals surface area contributed by atoms with Gasteiger partial charge in [0.2, 0.25) is 0 Å². The van der Waals surface area contributed by atoms with Crippen LogP contribution in [0.25, 0.3) is 21.9 Å². The molecule has 2 aromatic heterocycles. The Bertz CT molecular complexity index is 1100. The Labute approximate surface area is 141 Å². The van der Waals surface area contributed by atoms with Crippen LogP contribution in [0.4, 0.5) is 0 Å². The predicted molar refractivity (Wildman–Crippen MR) is 93.4 cm³/mol. The van der Waals surface area contributed by atoms with Gasteiger partial charge in [-0.1, -0.05) is 41.4 Å². The van der Waals surface area contributed by atoms with Crippen molar-refractivity contribution < 1.29 is 0 Å². The van der Waals surface area contributed by atoms with Gasteiger partial charge in [0.1, 0.15) is 11.0 Å². The van der Waals surface area contributed by atoms with Crippen molar-refractivity contribution in [2.75, 3.05) is 0 Å². The third-order valence-electron chi connectivity index (χ3n) is 3.83. The van der Waals surface area contributed by atoms with E-state index in [4.69, 9.17) is 23.2 Å². The van der Waals surface area contributed by atoms with Crippen LogP contribution in [0.2, 0.25) is 10.0 Å². The Morgan fingerprint density at radius 2 is 1.96 bits per heavy atom. The molecule has 0 fully saturated rings. The SMILES string of the molecule is O=c1c2[nH]c3ccc(Cl)cc3c2ncn1Cc1ccccc1Cl. The van der Waals surface area contributed by atoms with Gasteiger partial charge in [0.15, 0.2) is 0 Å². The van der Waals surface area contributed by atoms with Gasteiger partial charge in [-0.15, -0.1) is 0 Å². The molecule has 0 aliphatic heterocycles. The number of fused-ring (bicyclic) bond motifs is 3. The van der Waals surface area contributed by atoms with Crippen LogP contribution >= 0.6 is 23.2 Å². The number of H-pyrrole nitrogens is 1. The van der Waals surface area contributed by atoms with Crippen LogP contribution in [0, 0.1) is 0 Å². The van der Waals surface area contributed by atoms with Gasteiger partial charge in [0.25, 0.3) is 5.56 Å². The molecule has 0 amide bonds. The van der Waals surface area contributed by atoms with Crippen molar-refractivity contribution in [1.82, 2.24) is 14.5 Å². The molecule has 0 unspecified atom stereocenters. The minimum Gasteiger partial charge on any atom is -0.349 e. The molecule has 0 aliphatic rings. The molecule has 0 bridgehead atoms. The number of rotatable bonds is 2. The summed E-state index contributed by atoms with van der Waals surface area (Å²) in [4.78, 5) is 20.3. The highest BCUT2D eigenvalue weighted by molar-refractivity contribution is 6.32. The summed E-state index contributed by atoms with van der Waals surface area (Å²) in [5.41, 5.74) is 2.67. The van der Waals surface area contributed by atoms with Gasteiger partial charge < -0.3 is 4.98 Å². The monoisotopic (exact) mass is 343 g/mol. The molecule has 2 aromatic carbocycles. The molecule has 4 aromatic rings. The van der Waals surface area contributed by atoms with Gasteiger partial charge in [-0.3, -0.25) is 9.36 Å². The molecular formula is C17H11Cl2N3O. The maximum atomic E-state index is 12.7. The molecule has 0 saturated carbocycles. The lowest BCUT2D eigenvalue weighted by Crippen LogP contribution is -2.21. The average Bonchev–Trinajstić information content (AvgIpc) is 2.91. The zero-order valence-corrected chi connectivity index (χ0v) is 13.4. The average molecular weight is 344 g/mol. The first-order chi connectivity index (χ1) is 11.1. The van der Waals surface area contributed by atoms with Crippen molar-refractivity contribution in [3.05, 3.63) is 74.8 Å².